The minimum atomic E-state index is -5.16. The molecule has 22 heteroatoms. The Kier molecular flexibility index (Phi) is 19.0. The van der Waals surface area contributed by atoms with Gasteiger partial charge in [0.2, 0.25) is 23.4 Å². The van der Waals surface area contributed by atoms with Crippen LogP contribution in [0.4, 0.5) is 11.4 Å². The first-order valence-corrected chi connectivity index (χ1v) is 27.3. The van der Waals surface area contributed by atoms with Gasteiger partial charge in [-0.25, -0.2) is 16.8 Å². The van der Waals surface area contributed by atoms with E-state index in [1.807, 2.05) is 99.7 Å². The van der Waals surface area contributed by atoms with E-state index in [2.05, 4.69) is 50.7 Å². The van der Waals surface area contributed by atoms with E-state index in [-0.39, 0.29) is 35.7 Å². The highest BCUT2D eigenvalue weighted by Gasteiger charge is 2.47. The van der Waals surface area contributed by atoms with E-state index in [9.17, 15) is 49.9 Å². The SMILES string of the molecule is CCCCCN1/C(=C/C2=C(NC(CS(=O)(=O)[O-])C(=O)NCC(=O)NC(CS(=O)(=O)[O-])C(=O)NCC(C)CCCCCC(=O)ONS)C(=C/C3=[N+](C)c4ccccc4C3(C)C)/C2=O)C(C)(C)c2ccccc21. The van der Waals surface area contributed by atoms with Crippen molar-refractivity contribution < 1.29 is 59.3 Å². The number of carbonyl (C=O) groups excluding carboxylic acids is 5. The van der Waals surface area contributed by atoms with Crippen molar-refractivity contribution >= 4 is 79.6 Å². The topological polar surface area (TPSA) is 275 Å². The standard InChI is InChI=1S/C49H67N7O12S3/c1-8-9-17-24-56-39-22-16-14-20-35(39)49(5,6)41(56)26-33-44(32(45(33)59)25-40-48(3,4)34-19-13-15-21-38(34)55(40)7)53-37(30-71(65,66)67)47(61)51-28-42(57)52-36(29-70(62,63)64)46(60)50-27-31(2)18-11-10-12-23-43(58)68-54-69/h13-16,19-22,25-26,31,36-37,54,69H,8-12,17-18,23-24,27-30H2,1-7H3,(H5-,50,51,52,53,57,59,60,61,62,63,64,65,66,67)/p-1. The fourth-order valence-corrected chi connectivity index (χ4v) is 10.7. The molecule has 19 nitrogen and oxygen atoms in total. The maximum atomic E-state index is 14.6. The van der Waals surface area contributed by atoms with E-state index < -0.39 is 90.7 Å². The molecule has 0 spiro atoms. The molecule has 0 saturated carbocycles. The molecule has 2 aliphatic heterocycles. The van der Waals surface area contributed by atoms with Crippen LogP contribution in [-0.4, -0.2) is 116 Å². The quantitative estimate of drug-likeness (QED) is 0.0196. The van der Waals surface area contributed by atoms with Crippen molar-refractivity contribution in [3.05, 3.63) is 94.4 Å². The summed E-state index contributed by atoms with van der Waals surface area (Å²) >= 11 is 3.60. The molecule has 2 heterocycles. The zero-order valence-electron chi connectivity index (χ0n) is 41.3. The van der Waals surface area contributed by atoms with Crippen LogP contribution in [0.3, 0.4) is 0 Å². The van der Waals surface area contributed by atoms with Crippen molar-refractivity contribution in [1.29, 1.82) is 0 Å². The van der Waals surface area contributed by atoms with Crippen LogP contribution >= 0.6 is 12.8 Å². The summed E-state index contributed by atoms with van der Waals surface area (Å²) in [6.45, 7) is 11.8. The normalized spacial score (nSPS) is 18.4. The van der Waals surface area contributed by atoms with Crippen LogP contribution in [0.15, 0.2) is 83.2 Å². The van der Waals surface area contributed by atoms with Gasteiger partial charge in [0.25, 0.3) is 0 Å². The minimum Gasteiger partial charge on any atom is -0.748 e. The van der Waals surface area contributed by atoms with Crippen molar-refractivity contribution in [2.75, 3.05) is 43.1 Å². The average molecular weight is 1040 g/mol. The van der Waals surface area contributed by atoms with Crippen LogP contribution in [-0.2, 0) is 59.9 Å². The average Bonchev–Trinajstić information content (AvgIpc) is 3.63. The molecule has 2 aromatic carbocycles. The van der Waals surface area contributed by atoms with Crippen LogP contribution < -0.4 is 31.1 Å². The number of hydrogen-bond donors (Lipinski definition) is 6. The van der Waals surface area contributed by atoms with Gasteiger partial charge in [0, 0.05) is 59.6 Å². The van der Waals surface area contributed by atoms with E-state index in [4.69, 9.17) is 0 Å². The first kappa shape index (κ1) is 56.5. The Bertz CT molecular complexity index is 2730. The molecule has 0 radical (unpaired) electrons. The lowest BCUT2D eigenvalue weighted by Crippen LogP contribution is -2.55. The van der Waals surface area contributed by atoms with Gasteiger partial charge >= 0.3 is 5.97 Å². The lowest BCUT2D eigenvalue weighted by atomic mass is 9.77. The molecule has 388 valence electrons. The molecule has 0 bridgehead atoms. The second-order valence-electron chi connectivity index (χ2n) is 19.3. The Morgan fingerprint density at radius 2 is 1.46 bits per heavy atom. The number of thiol groups is 1. The summed E-state index contributed by atoms with van der Waals surface area (Å²) in [5.41, 5.74) is 4.58. The largest absolute Gasteiger partial charge is 0.748 e. The highest BCUT2D eigenvalue weighted by molar-refractivity contribution is 7.86. The Labute approximate surface area is 422 Å². The number of carbonyl (C=O) groups is 5. The number of nitrogens with one attached hydrogen (secondary N) is 5. The molecular weight excluding hydrogens is 975 g/mol. The number of Topliss-reactive ketones (excluding diaryl/α,β-unsaturated/α-hetero) is 1. The number of benzene rings is 2. The summed E-state index contributed by atoms with van der Waals surface area (Å²) < 4.78 is 74.8. The lowest BCUT2D eigenvalue weighted by Gasteiger charge is -2.33. The lowest BCUT2D eigenvalue weighted by molar-refractivity contribution is -0.401. The summed E-state index contributed by atoms with van der Waals surface area (Å²) in [5.74, 6) is -6.84. The summed E-state index contributed by atoms with van der Waals surface area (Å²) in [4.78, 5) is 75.1. The molecule has 5 N–H and O–H groups in total. The number of fused-ring (bicyclic) bond motifs is 2. The summed E-state index contributed by atoms with van der Waals surface area (Å²) in [6, 6.07) is 12.0. The number of anilines is 1. The van der Waals surface area contributed by atoms with Gasteiger partial charge in [-0.3, -0.25) is 24.0 Å². The van der Waals surface area contributed by atoms with E-state index in [0.29, 0.717) is 32.2 Å². The second kappa shape index (κ2) is 23.9. The van der Waals surface area contributed by atoms with Crippen LogP contribution in [0.25, 0.3) is 0 Å². The Hall–Kier alpha value is -5.39. The summed E-state index contributed by atoms with van der Waals surface area (Å²) in [6.07, 6.45) is 8.94. The maximum absolute atomic E-state index is 14.6. The molecule has 3 atom stereocenters. The summed E-state index contributed by atoms with van der Waals surface area (Å²) in [5, 5.41) is 9.86. The Morgan fingerprint density at radius 1 is 0.831 bits per heavy atom. The predicted octanol–water partition coefficient (Wildman–Crippen LogP) is 3.57. The third-order valence-corrected chi connectivity index (χ3v) is 14.7. The molecule has 3 aliphatic rings. The molecule has 0 fully saturated rings. The maximum Gasteiger partial charge on any atom is 0.325 e. The van der Waals surface area contributed by atoms with E-state index in [0.717, 1.165) is 53.2 Å². The van der Waals surface area contributed by atoms with Crippen molar-refractivity contribution in [1.82, 2.24) is 26.2 Å². The molecule has 3 amide bonds. The highest BCUT2D eigenvalue weighted by Crippen LogP contribution is 2.49. The molecule has 0 aromatic heterocycles. The van der Waals surface area contributed by atoms with Crippen LogP contribution in [0.2, 0.25) is 0 Å². The first-order valence-electron chi connectivity index (χ1n) is 23.7. The van der Waals surface area contributed by atoms with E-state index in [1.54, 1.807) is 12.2 Å². The summed E-state index contributed by atoms with van der Waals surface area (Å²) in [7, 11) is -8.38. The number of unbranched alkanes of at least 4 members (excludes halogenated alkanes) is 4. The van der Waals surface area contributed by atoms with Crippen LogP contribution in [0, 0.1) is 5.92 Å². The number of rotatable bonds is 26. The molecule has 3 unspecified atom stereocenters. The number of ketones is 1. The zero-order chi connectivity index (χ0) is 52.5. The Balaban J connectivity index is 1.41. The molecule has 0 saturated heterocycles. The number of allylic oxidation sites excluding steroid dienone is 5. The number of hydrogen-bond acceptors (Lipinski definition) is 16. The van der Waals surface area contributed by atoms with Crippen LogP contribution in [0.5, 0.6) is 0 Å². The van der Waals surface area contributed by atoms with Gasteiger partial charge in [-0.2, -0.15) is 4.58 Å². The third-order valence-electron chi connectivity index (χ3n) is 13.1. The fourth-order valence-electron chi connectivity index (χ4n) is 9.30. The number of para-hydroxylation sites is 2. The zero-order valence-corrected chi connectivity index (χ0v) is 43.8. The first-order chi connectivity index (χ1) is 33.3. The monoisotopic (exact) mass is 1040 g/mol. The van der Waals surface area contributed by atoms with Gasteiger partial charge in [-0.15, -0.1) is 0 Å². The highest BCUT2D eigenvalue weighted by atomic mass is 32.2. The van der Waals surface area contributed by atoms with Gasteiger partial charge in [0.05, 0.1) is 55.0 Å². The fraction of sp³-hybridized carbons (Fsp3) is 0.510. The van der Waals surface area contributed by atoms with Crippen molar-refractivity contribution in [3.8, 4) is 0 Å². The molecular formula is C49H66N7O12S3-. The predicted molar refractivity (Wildman–Crippen MR) is 269 cm³/mol. The van der Waals surface area contributed by atoms with Crippen molar-refractivity contribution in [2.45, 2.75) is 116 Å². The van der Waals surface area contributed by atoms with Gasteiger partial charge in [-0.1, -0.05) is 107 Å². The van der Waals surface area contributed by atoms with Crippen molar-refractivity contribution in [3.63, 3.8) is 0 Å². The number of nitrogens with zero attached hydrogens (tertiary/aromatic N) is 2. The van der Waals surface area contributed by atoms with Crippen molar-refractivity contribution in [2.24, 2.45) is 5.92 Å². The van der Waals surface area contributed by atoms with E-state index in [1.165, 1.54) is 0 Å². The molecule has 1 aliphatic carbocycles. The Morgan fingerprint density at radius 3 is 2.11 bits per heavy atom. The van der Waals surface area contributed by atoms with Crippen LogP contribution in [0.1, 0.15) is 104 Å². The van der Waals surface area contributed by atoms with Gasteiger partial charge in [0.15, 0.2) is 11.5 Å². The van der Waals surface area contributed by atoms with Gasteiger partial charge in [0.1, 0.15) is 19.1 Å². The third kappa shape index (κ3) is 14.4. The number of amides is 3. The second-order valence-corrected chi connectivity index (χ2v) is 22.4. The van der Waals surface area contributed by atoms with Gasteiger partial charge in [-0.05, 0) is 56.7 Å². The van der Waals surface area contributed by atoms with Gasteiger partial charge < -0.3 is 40.1 Å². The molecule has 5 rings (SSSR count). The minimum absolute atomic E-state index is 0.0538. The molecule has 2 aromatic rings. The smallest absolute Gasteiger partial charge is 0.325 e. The van der Waals surface area contributed by atoms with E-state index >= 15 is 0 Å². The molecule has 71 heavy (non-hydrogen) atoms.